The maximum Gasteiger partial charge on any atom is 0.153 e. The van der Waals surface area contributed by atoms with Crippen LogP contribution in [0.1, 0.15) is 46.5 Å². The molecule has 0 saturated heterocycles. The third-order valence-electron chi connectivity index (χ3n) is 5.45. The number of rotatable bonds is 10. The Morgan fingerprint density at radius 2 is 2.24 bits per heavy atom. The molecule has 0 aromatic rings. The summed E-state index contributed by atoms with van der Waals surface area (Å²) in [6, 6.07) is 0. The average Bonchev–Trinajstić information content (AvgIpc) is 2.59. The Morgan fingerprint density at radius 1 is 1.40 bits per heavy atom. The van der Waals surface area contributed by atoms with Crippen molar-refractivity contribution in [3.8, 4) is 0 Å². The topological polar surface area (TPSA) is 62.8 Å². The fourth-order valence-corrected chi connectivity index (χ4v) is 3.64. The molecule has 1 aliphatic heterocycles. The van der Waals surface area contributed by atoms with Gasteiger partial charge in [-0.05, 0) is 51.1 Å². The van der Waals surface area contributed by atoms with Crippen molar-refractivity contribution >= 4 is 0 Å². The molecule has 0 aromatic heterocycles. The highest BCUT2D eigenvalue weighted by molar-refractivity contribution is 5.10. The number of ether oxygens (including phenoxy) is 2. The fourth-order valence-electron chi connectivity index (χ4n) is 3.64. The Bertz CT molecular complexity index is 452. The lowest BCUT2D eigenvalue weighted by molar-refractivity contribution is -0.125. The zero-order valence-corrected chi connectivity index (χ0v) is 16.1. The van der Waals surface area contributed by atoms with E-state index in [2.05, 4.69) is 23.6 Å². The van der Waals surface area contributed by atoms with Gasteiger partial charge in [-0.15, -0.1) is 0 Å². The summed E-state index contributed by atoms with van der Waals surface area (Å²) in [5.41, 5.74) is 1.00. The first kappa shape index (κ1) is 20.4. The van der Waals surface area contributed by atoms with Crippen LogP contribution in [0.2, 0.25) is 0 Å². The molecule has 3 N–H and O–H groups in total. The molecule has 0 bridgehead atoms. The summed E-state index contributed by atoms with van der Waals surface area (Å²) < 4.78 is 11.4. The summed E-state index contributed by atoms with van der Waals surface area (Å²) in [6.07, 6.45) is 9.81. The van der Waals surface area contributed by atoms with Crippen LogP contribution in [0.5, 0.6) is 0 Å². The standard InChI is InChI=1S/C20H36N2O3/c1-4-24-13-11-21-15-17-6-7-18(16(2)14-17)8-12-25-20(3)9-5-10-22-19(20)23/h5,10,14,16,18-19,21-23H,4,6-9,11-13,15H2,1-3H3/t16-,18-,19+,20-/m0/s1. The van der Waals surface area contributed by atoms with Gasteiger partial charge in [0.05, 0.1) is 6.61 Å². The average molecular weight is 353 g/mol. The van der Waals surface area contributed by atoms with Gasteiger partial charge in [-0.2, -0.15) is 0 Å². The number of aliphatic hydroxyl groups excluding tert-OH is 1. The molecule has 0 saturated carbocycles. The Hall–Kier alpha value is -0.880. The highest BCUT2D eigenvalue weighted by Gasteiger charge is 2.34. The molecule has 0 amide bonds. The van der Waals surface area contributed by atoms with Crippen LogP contribution < -0.4 is 10.6 Å². The zero-order valence-electron chi connectivity index (χ0n) is 16.1. The van der Waals surface area contributed by atoms with Crippen LogP contribution in [0.15, 0.2) is 23.9 Å². The molecule has 144 valence electrons. The van der Waals surface area contributed by atoms with E-state index in [1.165, 1.54) is 18.4 Å². The highest BCUT2D eigenvalue weighted by Crippen LogP contribution is 2.32. The zero-order chi connectivity index (χ0) is 18.1. The van der Waals surface area contributed by atoms with E-state index in [-0.39, 0.29) is 0 Å². The van der Waals surface area contributed by atoms with Gasteiger partial charge in [0.2, 0.25) is 0 Å². The number of allylic oxidation sites excluding steroid dienone is 1. The van der Waals surface area contributed by atoms with Crippen LogP contribution in [0.25, 0.3) is 0 Å². The smallest absolute Gasteiger partial charge is 0.153 e. The van der Waals surface area contributed by atoms with Crippen LogP contribution in [0.3, 0.4) is 0 Å². The summed E-state index contributed by atoms with van der Waals surface area (Å²) in [4.78, 5) is 0. The first-order chi connectivity index (χ1) is 12.0. The number of hydrogen-bond acceptors (Lipinski definition) is 5. The third-order valence-corrected chi connectivity index (χ3v) is 5.45. The van der Waals surface area contributed by atoms with Crippen molar-refractivity contribution in [2.45, 2.75) is 58.3 Å². The number of hydrogen-bond donors (Lipinski definition) is 3. The predicted octanol–water partition coefficient (Wildman–Crippen LogP) is 2.58. The lowest BCUT2D eigenvalue weighted by atomic mass is 9.80. The van der Waals surface area contributed by atoms with Crippen LogP contribution in [0, 0.1) is 11.8 Å². The van der Waals surface area contributed by atoms with Crippen LogP contribution in [-0.2, 0) is 9.47 Å². The summed E-state index contributed by atoms with van der Waals surface area (Å²) in [7, 11) is 0. The van der Waals surface area contributed by atoms with Gasteiger partial charge in [-0.25, -0.2) is 0 Å². The van der Waals surface area contributed by atoms with E-state index >= 15 is 0 Å². The van der Waals surface area contributed by atoms with Crippen LogP contribution in [0.4, 0.5) is 0 Å². The Labute approximate surface area is 152 Å². The molecule has 0 unspecified atom stereocenters. The molecule has 1 aliphatic carbocycles. The molecule has 0 spiro atoms. The van der Waals surface area contributed by atoms with Crippen molar-refractivity contribution in [3.63, 3.8) is 0 Å². The van der Waals surface area contributed by atoms with Gasteiger partial charge in [0.15, 0.2) is 6.23 Å². The van der Waals surface area contributed by atoms with E-state index in [0.717, 1.165) is 39.1 Å². The monoisotopic (exact) mass is 352 g/mol. The van der Waals surface area contributed by atoms with Crippen LogP contribution >= 0.6 is 0 Å². The third kappa shape index (κ3) is 6.41. The van der Waals surface area contributed by atoms with Gasteiger partial charge in [-0.1, -0.05) is 24.6 Å². The summed E-state index contributed by atoms with van der Waals surface area (Å²) in [5, 5.41) is 16.5. The Balaban J connectivity index is 1.68. The van der Waals surface area contributed by atoms with Gasteiger partial charge in [0.1, 0.15) is 5.60 Å². The van der Waals surface area contributed by atoms with E-state index in [0.29, 0.717) is 18.4 Å². The number of nitrogens with one attached hydrogen (secondary N) is 2. The van der Waals surface area contributed by atoms with Crippen molar-refractivity contribution in [2.75, 3.05) is 32.9 Å². The van der Waals surface area contributed by atoms with E-state index in [1.807, 2.05) is 19.9 Å². The van der Waals surface area contributed by atoms with Gasteiger partial charge >= 0.3 is 0 Å². The van der Waals surface area contributed by atoms with Gasteiger partial charge in [-0.3, -0.25) is 0 Å². The highest BCUT2D eigenvalue weighted by atomic mass is 16.5. The predicted molar refractivity (Wildman–Crippen MR) is 101 cm³/mol. The quantitative estimate of drug-likeness (QED) is 0.417. The maximum absolute atomic E-state index is 10.1. The Morgan fingerprint density at radius 3 is 2.96 bits per heavy atom. The molecular formula is C20H36N2O3. The summed E-state index contributed by atoms with van der Waals surface area (Å²) in [5.74, 6) is 1.25. The lowest BCUT2D eigenvalue weighted by Gasteiger charge is -2.37. The molecule has 0 aromatic carbocycles. The molecule has 5 nitrogen and oxygen atoms in total. The molecule has 1 heterocycles. The molecule has 25 heavy (non-hydrogen) atoms. The second-order valence-corrected chi connectivity index (χ2v) is 7.48. The SMILES string of the molecule is CCOCCNCC1=C[C@H](C)[C@H](CCO[C@@]2(C)CC=CN[C@@H]2O)CC1. The van der Waals surface area contributed by atoms with Gasteiger partial charge < -0.3 is 25.2 Å². The van der Waals surface area contributed by atoms with Crippen molar-refractivity contribution in [3.05, 3.63) is 23.9 Å². The fraction of sp³-hybridized carbons (Fsp3) is 0.800. The van der Waals surface area contributed by atoms with Crippen molar-refractivity contribution < 1.29 is 14.6 Å². The molecule has 2 aliphatic rings. The molecule has 4 atom stereocenters. The first-order valence-electron chi connectivity index (χ1n) is 9.76. The summed E-state index contributed by atoms with van der Waals surface area (Å²) in [6.45, 7) is 10.5. The summed E-state index contributed by atoms with van der Waals surface area (Å²) >= 11 is 0. The van der Waals surface area contributed by atoms with E-state index < -0.39 is 11.8 Å². The molecule has 5 heteroatoms. The van der Waals surface area contributed by atoms with E-state index in [1.54, 1.807) is 6.20 Å². The molecule has 0 radical (unpaired) electrons. The van der Waals surface area contributed by atoms with E-state index in [4.69, 9.17) is 9.47 Å². The number of aliphatic hydroxyl groups is 1. The van der Waals surface area contributed by atoms with Crippen molar-refractivity contribution in [2.24, 2.45) is 11.8 Å². The molecule has 2 rings (SSSR count). The second-order valence-electron chi connectivity index (χ2n) is 7.48. The normalized spacial score (nSPS) is 32.3. The Kier molecular flexibility index (Phi) is 8.43. The maximum atomic E-state index is 10.1. The second kappa shape index (κ2) is 10.3. The van der Waals surface area contributed by atoms with Gasteiger partial charge in [0.25, 0.3) is 0 Å². The first-order valence-corrected chi connectivity index (χ1v) is 9.76. The van der Waals surface area contributed by atoms with Crippen LogP contribution in [-0.4, -0.2) is 49.8 Å². The minimum Gasteiger partial charge on any atom is -0.380 e. The molecular weight excluding hydrogens is 316 g/mol. The van der Waals surface area contributed by atoms with Crippen molar-refractivity contribution in [1.29, 1.82) is 0 Å². The molecule has 0 fully saturated rings. The van der Waals surface area contributed by atoms with Gasteiger partial charge in [0, 0.05) is 32.7 Å². The van der Waals surface area contributed by atoms with Crippen molar-refractivity contribution in [1.82, 2.24) is 10.6 Å². The van der Waals surface area contributed by atoms with E-state index in [9.17, 15) is 5.11 Å². The largest absolute Gasteiger partial charge is 0.380 e. The lowest BCUT2D eigenvalue weighted by Crippen LogP contribution is -2.51. The minimum atomic E-state index is -0.629. The minimum absolute atomic E-state index is 0.516.